The zero-order valence-corrected chi connectivity index (χ0v) is 9.17. The van der Waals surface area contributed by atoms with Gasteiger partial charge in [-0.05, 0) is 31.2 Å². The summed E-state index contributed by atoms with van der Waals surface area (Å²) in [5, 5.41) is 0. The number of halogens is 2. The molecule has 0 fully saturated rings. The van der Waals surface area contributed by atoms with E-state index in [1.807, 2.05) is 0 Å². The Hall–Kier alpha value is -1.97. The number of rotatable bonds is 3. The lowest BCUT2D eigenvalue weighted by molar-refractivity contribution is -0.116. The molecule has 0 saturated carbocycles. The zero-order chi connectivity index (χ0) is 12.4. The molecule has 0 N–H and O–H groups in total. The molecule has 0 spiro atoms. The number of furan rings is 1. The Labute approximate surface area is 96.9 Å². The fourth-order valence-electron chi connectivity index (χ4n) is 1.59. The van der Waals surface area contributed by atoms with E-state index in [1.165, 1.54) is 19.1 Å². The molecule has 1 heterocycles. The fourth-order valence-corrected chi connectivity index (χ4v) is 1.59. The van der Waals surface area contributed by atoms with Crippen LogP contribution in [0, 0.1) is 11.6 Å². The molecule has 0 unspecified atom stereocenters. The van der Waals surface area contributed by atoms with Crippen molar-refractivity contribution < 1.29 is 18.0 Å². The molecule has 0 bridgehead atoms. The Kier molecular flexibility index (Phi) is 3.04. The predicted molar refractivity (Wildman–Crippen MR) is 58.4 cm³/mol. The van der Waals surface area contributed by atoms with Gasteiger partial charge in [0.05, 0.1) is 12.0 Å². The van der Waals surface area contributed by atoms with Crippen LogP contribution in [-0.2, 0) is 11.2 Å². The molecule has 1 aromatic heterocycles. The Morgan fingerprint density at radius 1 is 1.18 bits per heavy atom. The molecule has 0 radical (unpaired) electrons. The molecule has 0 aliphatic rings. The number of hydrogen-bond donors (Lipinski definition) is 0. The fraction of sp³-hybridized carbons (Fsp3) is 0.154. The van der Waals surface area contributed by atoms with Crippen molar-refractivity contribution in [3.8, 4) is 11.3 Å². The molecule has 88 valence electrons. The van der Waals surface area contributed by atoms with Crippen molar-refractivity contribution in [2.75, 3.05) is 0 Å². The molecule has 2 nitrogen and oxygen atoms in total. The van der Waals surface area contributed by atoms with Gasteiger partial charge in [-0.2, -0.15) is 0 Å². The SMILES string of the molecule is CC(=O)Cc1ccc(-c2c(F)cccc2F)o1. The highest BCUT2D eigenvalue weighted by Gasteiger charge is 2.15. The van der Waals surface area contributed by atoms with Crippen molar-refractivity contribution in [1.82, 2.24) is 0 Å². The molecule has 2 rings (SSSR count). The van der Waals surface area contributed by atoms with Crippen molar-refractivity contribution in [2.24, 2.45) is 0 Å². The monoisotopic (exact) mass is 236 g/mol. The molecule has 2 aromatic rings. The number of hydrogen-bond acceptors (Lipinski definition) is 2. The Bertz CT molecular complexity index is 538. The number of benzene rings is 1. The predicted octanol–water partition coefficient (Wildman–Crippen LogP) is 3.36. The maximum atomic E-state index is 13.4. The highest BCUT2D eigenvalue weighted by atomic mass is 19.1. The third-order valence-electron chi connectivity index (χ3n) is 2.29. The van der Waals surface area contributed by atoms with Gasteiger partial charge in [-0.15, -0.1) is 0 Å². The highest BCUT2D eigenvalue weighted by Crippen LogP contribution is 2.27. The summed E-state index contributed by atoms with van der Waals surface area (Å²) in [6.45, 7) is 1.42. The van der Waals surface area contributed by atoms with Crippen LogP contribution in [0.15, 0.2) is 34.7 Å². The van der Waals surface area contributed by atoms with E-state index in [4.69, 9.17) is 4.42 Å². The van der Waals surface area contributed by atoms with Gasteiger partial charge in [-0.1, -0.05) is 6.07 Å². The first-order valence-electron chi connectivity index (χ1n) is 5.10. The minimum absolute atomic E-state index is 0.0695. The van der Waals surface area contributed by atoms with Crippen LogP contribution in [0.25, 0.3) is 11.3 Å². The maximum Gasteiger partial charge on any atom is 0.140 e. The summed E-state index contributed by atoms with van der Waals surface area (Å²) in [5.74, 6) is -0.950. The van der Waals surface area contributed by atoms with E-state index >= 15 is 0 Å². The summed E-state index contributed by atoms with van der Waals surface area (Å²) in [6.07, 6.45) is 0.121. The van der Waals surface area contributed by atoms with Crippen molar-refractivity contribution in [1.29, 1.82) is 0 Å². The Morgan fingerprint density at radius 3 is 2.41 bits per heavy atom. The lowest BCUT2D eigenvalue weighted by atomic mass is 10.1. The van der Waals surface area contributed by atoms with Gasteiger partial charge in [0.1, 0.15) is 28.9 Å². The molecule has 0 aliphatic heterocycles. The average Bonchev–Trinajstić information content (AvgIpc) is 2.65. The van der Waals surface area contributed by atoms with Crippen LogP contribution in [0.1, 0.15) is 12.7 Å². The van der Waals surface area contributed by atoms with Crippen LogP contribution in [0.2, 0.25) is 0 Å². The van der Waals surface area contributed by atoms with Gasteiger partial charge in [-0.3, -0.25) is 4.79 Å². The molecular weight excluding hydrogens is 226 g/mol. The number of ketones is 1. The molecular formula is C13H10F2O2. The lowest BCUT2D eigenvalue weighted by Crippen LogP contribution is -1.93. The first kappa shape index (κ1) is 11.5. The zero-order valence-electron chi connectivity index (χ0n) is 9.17. The van der Waals surface area contributed by atoms with Crippen molar-refractivity contribution in [3.63, 3.8) is 0 Å². The minimum Gasteiger partial charge on any atom is -0.460 e. The van der Waals surface area contributed by atoms with Crippen LogP contribution in [0.5, 0.6) is 0 Å². The maximum absolute atomic E-state index is 13.4. The molecule has 1 aromatic carbocycles. The van der Waals surface area contributed by atoms with Gasteiger partial charge in [0.15, 0.2) is 0 Å². The van der Waals surface area contributed by atoms with E-state index in [0.29, 0.717) is 5.76 Å². The first-order chi connectivity index (χ1) is 8.08. The van der Waals surface area contributed by atoms with Gasteiger partial charge >= 0.3 is 0 Å². The molecule has 0 aliphatic carbocycles. The van der Waals surface area contributed by atoms with E-state index in [0.717, 1.165) is 12.1 Å². The highest BCUT2D eigenvalue weighted by molar-refractivity contribution is 5.77. The van der Waals surface area contributed by atoms with E-state index in [1.54, 1.807) is 6.07 Å². The van der Waals surface area contributed by atoms with E-state index < -0.39 is 11.6 Å². The summed E-state index contributed by atoms with van der Waals surface area (Å²) >= 11 is 0. The summed E-state index contributed by atoms with van der Waals surface area (Å²) in [6, 6.07) is 6.60. The van der Waals surface area contributed by atoms with E-state index in [9.17, 15) is 13.6 Å². The van der Waals surface area contributed by atoms with Crippen molar-refractivity contribution in [3.05, 3.63) is 47.7 Å². The van der Waals surface area contributed by atoms with Crippen molar-refractivity contribution in [2.45, 2.75) is 13.3 Å². The standard InChI is InChI=1S/C13H10F2O2/c1-8(16)7-9-5-6-12(17-9)13-10(14)3-2-4-11(13)15/h2-6H,7H2,1H3. The summed E-state index contributed by atoms with van der Waals surface area (Å²) in [7, 11) is 0. The van der Waals surface area contributed by atoms with Gasteiger partial charge in [0.25, 0.3) is 0 Å². The second-order valence-electron chi connectivity index (χ2n) is 3.74. The first-order valence-corrected chi connectivity index (χ1v) is 5.10. The smallest absolute Gasteiger partial charge is 0.140 e. The molecule has 0 amide bonds. The van der Waals surface area contributed by atoms with Crippen LogP contribution < -0.4 is 0 Å². The van der Waals surface area contributed by atoms with E-state index in [-0.39, 0.29) is 23.5 Å². The Morgan fingerprint density at radius 2 is 1.82 bits per heavy atom. The number of carbonyl (C=O) groups excluding carboxylic acids is 1. The van der Waals surface area contributed by atoms with Crippen LogP contribution in [0.3, 0.4) is 0 Å². The molecule has 0 saturated heterocycles. The second-order valence-corrected chi connectivity index (χ2v) is 3.74. The summed E-state index contributed by atoms with van der Waals surface area (Å²) < 4.78 is 32.1. The van der Waals surface area contributed by atoms with Crippen molar-refractivity contribution >= 4 is 5.78 Å². The third kappa shape index (κ3) is 2.41. The number of carbonyl (C=O) groups is 1. The molecule has 17 heavy (non-hydrogen) atoms. The van der Waals surface area contributed by atoms with Crippen LogP contribution in [0.4, 0.5) is 8.78 Å². The summed E-state index contributed by atoms with van der Waals surface area (Å²) in [5.41, 5.74) is -0.206. The quantitative estimate of drug-likeness (QED) is 0.818. The molecule has 0 atom stereocenters. The van der Waals surface area contributed by atoms with Crippen LogP contribution >= 0.6 is 0 Å². The third-order valence-corrected chi connectivity index (χ3v) is 2.29. The largest absolute Gasteiger partial charge is 0.460 e. The Balaban J connectivity index is 2.40. The second kappa shape index (κ2) is 4.49. The molecule has 4 heteroatoms. The van der Waals surface area contributed by atoms with Crippen LogP contribution in [-0.4, -0.2) is 5.78 Å². The van der Waals surface area contributed by atoms with Gasteiger partial charge in [0, 0.05) is 0 Å². The average molecular weight is 236 g/mol. The number of Topliss-reactive ketones (excluding diaryl/α,β-unsaturated/α-hetero) is 1. The lowest BCUT2D eigenvalue weighted by Gasteiger charge is -2.00. The summed E-state index contributed by atoms with van der Waals surface area (Å²) in [4.78, 5) is 10.9. The topological polar surface area (TPSA) is 30.2 Å². The minimum atomic E-state index is -0.686. The van der Waals surface area contributed by atoms with Gasteiger partial charge in [-0.25, -0.2) is 8.78 Å². The normalized spacial score (nSPS) is 10.5. The van der Waals surface area contributed by atoms with E-state index in [2.05, 4.69) is 0 Å². The van der Waals surface area contributed by atoms with Gasteiger partial charge in [0.2, 0.25) is 0 Å². The van der Waals surface area contributed by atoms with Gasteiger partial charge < -0.3 is 4.42 Å².